The Hall–Kier alpha value is -1.93. The summed E-state index contributed by atoms with van der Waals surface area (Å²) < 4.78 is 28.0. The van der Waals surface area contributed by atoms with Gasteiger partial charge < -0.3 is 10.6 Å². The van der Waals surface area contributed by atoms with E-state index in [1.165, 1.54) is 16.4 Å². The molecule has 1 aromatic carbocycles. The van der Waals surface area contributed by atoms with Crippen LogP contribution >= 0.6 is 0 Å². The van der Waals surface area contributed by atoms with Crippen molar-refractivity contribution in [3.63, 3.8) is 0 Å². The lowest BCUT2D eigenvalue weighted by molar-refractivity contribution is -0.121. The van der Waals surface area contributed by atoms with Crippen molar-refractivity contribution in [2.45, 2.75) is 61.9 Å². The highest BCUT2D eigenvalue weighted by molar-refractivity contribution is 7.89. The Morgan fingerprint density at radius 1 is 1.07 bits per heavy atom. The molecule has 8 heteroatoms. The maximum absolute atomic E-state index is 13.3. The van der Waals surface area contributed by atoms with Crippen LogP contribution in [0.3, 0.4) is 0 Å². The van der Waals surface area contributed by atoms with Gasteiger partial charge in [0.25, 0.3) is 0 Å². The molecule has 1 saturated carbocycles. The highest BCUT2D eigenvalue weighted by Crippen LogP contribution is 2.42. The first-order valence-corrected chi connectivity index (χ1v) is 11.1. The van der Waals surface area contributed by atoms with Gasteiger partial charge in [-0.15, -0.1) is 0 Å². The summed E-state index contributed by atoms with van der Waals surface area (Å²) in [6, 6.07) is 5.48. The standard InChI is InChI=1S/C19H25N3O4S/c20-19(24)17-12-13-4-1-2-5-16(13)22(17)27(25,26)15-9-7-14(8-10-15)21-11-3-6-18(21)23/h7-10,13,16-17H,1-6,11-12H2,(H2,20,24)/t13-,16-,17-/m0/s1. The van der Waals surface area contributed by atoms with Gasteiger partial charge in [-0.2, -0.15) is 4.31 Å². The van der Waals surface area contributed by atoms with E-state index in [4.69, 9.17) is 5.73 Å². The summed E-state index contributed by atoms with van der Waals surface area (Å²) in [6.07, 6.45) is 5.60. The Balaban J connectivity index is 1.65. The molecule has 0 bridgehead atoms. The number of amides is 2. The first kappa shape index (κ1) is 18.4. The summed E-state index contributed by atoms with van der Waals surface area (Å²) in [6.45, 7) is 0.657. The third-order valence-electron chi connectivity index (χ3n) is 6.15. The fraction of sp³-hybridized carbons (Fsp3) is 0.579. The minimum absolute atomic E-state index is 0.0592. The molecular weight excluding hydrogens is 366 g/mol. The van der Waals surface area contributed by atoms with Crippen LogP contribution in [0.15, 0.2) is 29.2 Å². The van der Waals surface area contributed by atoms with Crippen LogP contribution in [0.25, 0.3) is 0 Å². The largest absolute Gasteiger partial charge is 0.368 e. The highest BCUT2D eigenvalue weighted by Gasteiger charge is 2.50. The summed E-state index contributed by atoms with van der Waals surface area (Å²) in [5.41, 5.74) is 6.26. The van der Waals surface area contributed by atoms with E-state index in [1.54, 1.807) is 17.0 Å². The second-order valence-electron chi connectivity index (χ2n) is 7.74. The summed E-state index contributed by atoms with van der Waals surface area (Å²) in [4.78, 5) is 25.7. The summed E-state index contributed by atoms with van der Waals surface area (Å²) in [7, 11) is -3.83. The number of nitrogens with two attached hydrogens (primary N) is 1. The summed E-state index contributed by atoms with van der Waals surface area (Å²) >= 11 is 0. The topological polar surface area (TPSA) is 101 Å². The van der Waals surface area contributed by atoms with Gasteiger partial charge in [0.15, 0.2) is 0 Å². The van der Waals surface area contributed by atoms with Crippen molar-refractivity contribution in [3.05, 3.63) is 24.3 Å². The van der Waals surface area contributed by atoms with Crippen molar-refractivity contribution in [2.75, 3.05) is 11.4 Å². The predicted molar refractivity (Wildman–Crippen MR) is 100 cm³/mol. The maximum atomic E-state index is 13.3. The lowest BCUT2D eigenvalue weighted by Gasteiger charge is -2.32. The van der Waals surface area contributed by atoms with Crippen molar-refractivity contribution in [1.29, 1.82) is 0 Å². The molecule has 0 aromatic heterocycles. The molecule has 27 heavy (non-hydrogen) atoms. The summed E-state index contributed by atoms with van der Waals surface area (Å²) in [5, 5.41) is 0. The molecule has 146 valence electrons. The van der Waals surface area contributed by atoms with E-state index in [-0.39, 0.29) is 22.8 Å². The van der Waals surface area contributed by atoms with E-state index >= 15 is 0 Å². The van der Waals surface area contributed by atoms with Gasteiger partial charge in [-0.3, -0.25) is 9.59 Å². The number of hydrogen-bond donors (Lipinski definition) is 1. The Labute approximate surface area is 159 Å². The molecule has 1 aliphatic carbocycles. The van der Waals surface area contributed by atoms with Gasteiger partial charge in [-0.1, -0.05) is 12.8 Å². The number of carbonyl (C=O) groups excluding carboxylic acids is 2. The van der Waals surface area contributed by atoms with Crippen LogP contribution < -0.4 is 10.6 Å². The number of primary amides is 1. The fourth-order valence-electron chi connectivity index (χ4n) is 4.85. The van der Waals surface area contributed by atoms with Crippen LogP contribution in [-0.2, 0) is 19.6 Å². The number of anilines is 1. The second kappa shape index (κ2) is 6.91. The molecule has 3 atom stereocenters. The van der Waals surface area contributed by atoms with Gasteiger partial charge in [-0.25, -0.2) is 8.42 Å². The molecule has 2 N–H and O–H groups in total. The van der Waals surface area contributed by atoms with Gasteiger partial charge >= 0.3 is 0 Å². The molecule has 2 saturated heterocycles. The second-order valence-corrected chi connectivity index (χ2v) is 9.59. The fourth-order valence-corrected chi connectivity index (χ4v) is 6.73. The van der Waals surface area contributed by atoms with Crippen LogP contribution in [0.4, 0.5) is 5.69 Å². The molecule has 2 aliphatic heterocycles. The van der Waals surface area contributed by atoms with Crippen LogP contribution in [0.1, 0.15) is 44.9 Å². The van der Waals surface area contributed by atoms with Crippen molar-refractivity contribution >= 4 is 27.5 Å². The van der Waals surface area contributed by atoms with E-state index in [0.29, 0.717) is 25.1 Å². The molecule has 2 heterocycles. The van der Waals surface area contributed by atoms with Gasteiger partial charge in [-0.05, 0) is 55.9 Å². The third kappa shape index (κ3) is 3.14. The number of sulfonamides is 1. The van der Waals surface area contributed by atoms with E-state index in [1.807, 2.05) is 0 Å². The zero-order valence-corrected chi connectivity index (χ0v) is 16.0. The monoisotopic (exact) mass is 391 g/mol. The SMILES string of the molecule is NC(=O)[C@@H]1C[C@@H]2CCCC[C@@H]2N1S(=O)(=O)c1ccc(N2CCCC2=O)cc1. The Bertz CT molecular complexity index is 852. The van der Waals surface area contributed by atoms with Crippen LogP contribution in [0, 0.1) is 5.92 Å². The van der Waals surface area contributed by atoms with Gasteiger partial charge in [0.2, 0.25) is 21.8 Å². The number of nitrogens with zero attached hydrogens (tertiary/aromatic N) is 2. The van der Waals surface area contributed by atoms with E-state index in [0.717, 1.165) is 32.1 Å². The first-order chi connectivity index (χ1) is 12.9. The maximum Gasteiger partial charge on any atom is 0.244 e. The molecule has 4 rings (SSSR count). The molecular formula is C19H25N3O4S. The summed E-state index contributed by atoms with van der Waals surface area (Å²) in [5.74, 6) is -0.316. The highest BCUT2D eigenvalue weighted by atomic mass is 32.2. The number of hydrogen-bond acceptors (Lipinski definition) is 4. The zero-order valence-electron chi connectivity index (χ0n) is 15.2. The molecule has 7 nitrogen and oxygen atoms in total. The quantitative estimate of drug-likeness (QED) is 0.843. The Kier molecular flexibility index (Phi) is 4.71. The van der Waals surface area contributed by atoms with E-state index < -0.39 is 22.0 Å². The average molecular weight is 391 g/mol. The minimum Gasteiger partial charge on any atom is -0.368 e. The molecule has 0 unspecified atom stereocenters. The molecule has 0 spiro atoms. The Morgan fingerprint density at radius 3 is 2.41 bits per heavy atom. The number of carbonyl (C=O) groups is 2. The number of fused-ring (bicyclic) bond motifs is 1. The van der Waals surface area contributed by atoms with Crippen LogP contribution in [-0.4, -0.2) is 43.2 Å². The Morgan fingerprint density at radius 2 is 1.78 bits per heavy atom. The van der Waals surface area contributed by atoms with E-state index in [9.17, 15) is 18.0 Å². The van der Waals surface area contributed by atoms with Crippen LogP contribution in [0.5, 0.6) is 0 Å². The molecule has 2 amide bonds. The minimum atomic E-state index is -3.83. The number of benzene rings is 1. The van der Waals surface area contributed by atoms with Crippen molar-refractivity contribution in [1.82, 2.24) is 4.31 Å². The third-order valence-corrected chi connectivity index (χ3v) is 8.10. The zero-order chi connectivity index (χ0) is 19.2. The number of rotatable bonds is 4. The molecule has 3 fully saturated rings. The van der Waals surface area contributed by atoms with Crippen molar-refractivity contribution < 1.29 is 18.0 Å². The molecule has 3 aliphatic rings. The molecule has 1 aromatic rings. The first-order valence-electron chi connectivity index (χ1n) is 9.63. The van der Waals surface area contributed by atoms with E-state index in [2.05, 4.69) is 0 Å². The lowest BCUT2D eigenvalue weighted by atomic mass is 9.85. The van der Waals surface area contributed by atoms with Gasteiger partial charge in [0.1, 0.15) is 6.04 Å². The smallest absolute Gasteiger partial charge is 0.244 e. The predicted octanol–water partition coefficient (Wildman–Crippen LogP) is 1.62. The molecule has 0 radical (unpaired) electrons. The lowest BCUT2D eigenvalue weighted by Crippen LogP contribution is -2.48. The average Bonchev–Trinajstić information content (AvgIpc) is 3.25. The van der Waals surface area contributed by atoms with Gasteiger partial charge in [0.05, 0.1) is 4.90 Å². The van der Waals surface area contributed by atoms with Crippen LogP contribution in [0.2, 0.25) is 0 Å². The van der Waals surface area contributed by atoms with Crippen molar-refractivity contribution in [2.24, 2.45) is 11.7 Å². The van der Waals surface area contributed by atoms with Gasteiger partial charge in [0, 0.05) is 24.7 Å². The normalized spacial score (nSPS) is 29.1. The van der Waals surface area contributed by atoms with Crippen molar-refractivity contribution in [3.8, 4) is 0 Å².